The molecule has 7 nitrogen and oxygen atoms in total. The van der Waals surface area contributed by atoms with E-state index in [1.807, 2.05) is 36.0 Å². The van der Waals surface area contributed by atoms with Gasteiger partial charge in [0.15, 0.2) is 11.3 Å². The Kier molecular flexibility index (Phi) is 4.52. The van der Waals surface area contributed by atoms with Crippen LogP contribution in [0.4, 0.5) is 0 Å². The van der Waals surface area contributed by atoms with Crippen molar-refractivity contribution in [2.45, 2.75) is 13.0 Å². The van der Waals surface area contributed by atoms with Crippen LogP contribution in [0.5, 0.6) is 0 Å². The summed E-state index contributed by atoms with van der Waals surface area (Å²) < 4.78 is 3.47. The van der Waals surface area contributed by atoms with Crippen LogP contribution in [0, 0.1) is 0 Å². The average molecular weight is 441 g/mol. The van der Waals surface area contributed by atoms with E-state index in [-0.39, 0.29) is 5.91 Å². The van der Waals surface area contributed by atoms with Gasteiger partial charge in [-0.25, -0.2) is 9.67 Å². The van der Waals surface area contributed by atoms with Gasteiger partial charge < -0.3 is 4.90 Å². The summed E-state index contributed by atoms with van der Waals surface area (Å²) in [5.41, 5.74) is 5.01. The molecule has 30 heavy (non-hydrogen) atoms. The number of hydrogen-bond acceptors (Lipinski definition) is 4. The number of pyridine rings is 1. The van der Waals surface area contributed by atoms with Crippen molar-refractivity contribution in [1.82, 2.24) is 29.4 Å². The lowest BCUT2D eigenvalue weighted by Gasteiger charge is -2.26. The molecule has 9 heteroatoms. The van der Waals surface area contributed by atoms with Gasteiger partial charge in [-0.1, -0.05) is 23.2 Å². The third-order valence-electron chi connectivity index (χ3n) is 5.42. The predicted molar refractivity (Wildman–Crippen MR) is 116 cm³/mol. The lowest BCUT2D eigenvalue weighted by molar-refractivity contribution is 0.0727. The Morgan fingerprint density at radius 3 is 2.60 bits per heavy atom. The molecule has 0 N–H and O–H groups in total. The maximum Gasteiger partial charge on any atom is 0.275 e. The second kappa shape index (κ2) is 7.11. The molecular formula is C21H18Cl2N6O. The van der Waals surface area contributed by atoms with E-state index in [0.717, 1.165) is 27.9 Å². The minimum Gasteiger partial charge on any atom is -0.331 e. The van der Waals surface area contributed by atoms with Crippen molar-refractivity contribution in [3.8, 4) is 11.3 Å². The average Bonchev–Trinajstić information content (AvgIpc) is 3.22. The molecule has 1 aromatic carbocycles. The van der Waals surface area contributed by atoms with E-state index < -0.39 is 0 Å². The van der Waals surface area contributed by atoms with Crippen molar-refractivity contribution >= 4 is 40.1 Å². The molecule has 3 aromatic heterocycles. The van der Waals surface area contributed by atoms with Crippen LogP contribution in [0.15, 0.2) is 36.5 Å². The molecule has 0 atom stereocenters. The number of carbonyl (C=O) groups is 1. The van der Waals surface area contributed by atoms with Gasteiger partial charge in [0.2, 0.25) is 0 Å². The zero-order valence-corrected chi connectivity index (χ0v) is 17.9. The summed E-state index contributed by atoms with van der Waals surface area (Å²) in [6.45, 7) is 1.01. The van der Waals surface area contributed by atoms with Crippen LogP contribution >= 0.6 is 23.2 Å². The Balaban J connectivity index is 1.49. The molecule has 0 unspecified atom stereocenters. The number of hydrogen-bond donors (Lipinski definition) is 0. The van der Waals surface area contributed by atoms with Gasteiger partial charge in [0, 0.05) is 48.0 Å². The summed E-state index contributed by atoms with van der Waals surface area (Å²) in [6.07, 6.45) is 2.39. The van der Waals surface area contributed by atoms with Crippen LogP contribution in [0.25, 0.3) is 22.3 Å². The first-order valence-electron chi connectivity index (χ1n) is 9.50. The third kappa shape index (κ3) is 3.05. The predicted octanol–water partition coefficient (Wildman–Crippen LogP) is 3.87. The molecule has 0 bridgehead atoms. The van der Waals surface area contributed by atoms with Crippen molar-refractivity contribution in [2.24, 2.45) is 14.1 Å². The molecule has 0 spiro atoms. The molecule has 5 rings (SSSR count). The third-order valence-corrected chi connectivity index (χ3v) is 5.86. The minimum absolute atomic E-state index is 0.114. The monoisotopic (exact) mass is 440 g/mol. The lowest BCUT2D eigenvalue weighted by atomic mass is 9.99. The zero-order chi connectivity index (χ0) is 21.0. The Labute approximate surface area is 182 Å². The lowest BCUT2D eigenvalue weighted by Crippen LogP contribution is -2.36. The molecule has 1 aliphatic rings. The molecule has 0 fully saturated rings. The number of fused-ring (bicyclic) bond motifs is 2. The Morgan fingerprint density at radius 2 is 1.83 bits per heavy atom. The van der Waals surface area contributed by atoms with Crippen LogP contribution in [-0.4, -0.2) is 41.9 Å². The summed E-state index contributed by atoms with van der Waals surface area (Å²) in [4.78, 5) is 19.4. The summed E-state index contributed by atoms with van der Waals surface area (Å²) in [5.74, 6) is -0.114. The van der Waals surface area contributed by atoms with Gasteiger partial charge >= 0.3 is 0 Å². The van der Waals surface area contributed by atoms with Gasteiger partial charge in [-0.15, -0.1) is 0 Å². The van der Waals surface area contributed by atoms with Crippen molar-refractivity contribution in [3.05, 3.63) is 63.5 Å². The first-order chi connectivity index (χ1) is 14.4. The number of halogens is 2. The molecule has 0 radical (unpaired) electrons. The highest BCUT2D eigenvalue weighted by Crippen LogP contribution is 2.33. The Morgan fingerprint density at radius 1 is 1.07 bits per heavy atom. The number of rotatable bonds is 2. The maximum atomic E-state index is 13.2. The standard InChI is InChI=1S/C21H18Cl2N6O/c1-27-19(12-8-13(22)10-14(23)9-12)15-5-7-29(11-17(15)25-27)21(30)18-16-4-3-6-24-20(16)28(2)26-18/h3-4,6,8-10H,5,7,11H2,1-2H3. The van der Waals surface area contributed by atoms with E-state index in [0.29, 0.717) is 40.9 Å². The van der Waals surface area contributed by atoms with Crippen molar-refractivity contribution in [2.75, 3.05) is 6.54 Å². The molecular weight excluding hydrogens is 423 g/mol. The quantitative estimate of drug-likeness (QED) is 0.474. The number of aryl methyl sites for hydroxylation is 2. The minimum atomic E-state index is -0.114. The highest BCUT2D eigenvalue weighted by atomic mass is 35.5. The highest BCUT2D eigenvalue weighted by molar-refractivity contribution is 6.35. The fourth-order valence-corrected chi connectivity index (χ4v) is 4.67. The number of aromatic nitrogens is 5. The summed E-state index contributed by atoms with van der Waals surface area (Å²) in [7, 11) is 3.69. The highest BCUT2D eigenvalue weighted by Gasteiger charge is 2.30. The maximum absolute atomic E-state index is 13.2. The molecule has 0 saturated carbocycles. The van der Waals surface area contributed by atoms with Crippen molar-refractivity contribution in [3.63, 3.8) is 0 Å². The van der Waals surface area contributed by atoms with Crippen LogP contribution in [-0.2, 0) is 27.1 Å². The van der Waals surface area contributed by atoms with Gasteiger partial charge in [-0.05, 0) is 36.8 Å². The smallest absolute Gasteiger partial charge is 0.275 e. The molecule has 1 aliphatic heterocycles. The first kappa shape index (κ1) is 19.1. The van der Waals surface area contributed by atoms with E-state index in [4.69, 9.17) is 23.2 Å². The van der Waals surface area contributed by atoms with Crippen molar-refractivity contribution in [1.29, 1.82) is 0 Å². The Bertz CT molecular complexity index is 1290. The van der Waals surface area contributed by atoms with Gasteiger partial charge in [-0.2, -0.15) is 10.2 Å². The van der Waals surface area contributed by atoms with Gasteiger partial charge in [0.1, 0.15) is 0 Å². The SMILES string of the molecule is Cn1nc2c(c1-c1cc(Cl)cc(Cl)c1)CCN(C(=O)c1nn(C)c3ncccc13)C2. The molecule has 152 valence electrons. The summed E-state index contributed by atoms with van der Waals surface area (Å²) >= 11 is 12.4. The molecule has 4 heterocycles. The molecule has 0 aliphatic carbocycles. The Hall–Kier alpha value is -2.90. The van der Waals surface area contributed by atoms with Gasteiger partial charge in [0.25, 0.3) is 5.91 Å². The second-order valence-electron chi connectivity index (χ2n) is 7.38. The number of carbonyl (C=O) groups excluding carboxylic acids is 1. The fraction of sp³-hybridized carbons (Fsp3) is 0.238. The van der Waals surface area contributed by atoms with Crippen LogP contribution in [0.1, 0.15) is 21.7 Å². The van der Waals surface area contributed by atoms with E-state index >= 15 is 0 Å². The van der Waals surface area contributed by atoms with Gasteiger partial charge in [-0.3, -0.25) is 9.48 Å². The first-order valence-corrected chi connectivity index (χ1v) is 10.3. The van der Waals surface area contributed by atoms with E-state index in [1.54, 1.807) is 28.9 Å². The van der Waals surface area contributed by atoms with Crippen molar-refractivity contribution < 1.29 is 4.79 Å². The summed E-state index contributed by atoms with van der Waals surface area (Å²) in [5, 5.41) is 11.0. The number of amides is 1. The molecule has 0 saturated heterocycles. The number of nitrogens with zero attached hydrogens (tertiary/aromatic N) is 6. The van der Waals surface area contributed by atoms with E-state index in [2.05, 4.69) is 15.2 Å². The largest absolute Gasteiger partial charge is 0.331 e. The second-order valence-corrected chi connectivity index (χ2v) is 8.25. The molecule has 4 aromatic rings. The van der Waals surface area contributed by atoms with Crippen LogP contribution < -0.4 is 0 Å². The van der Waals surface area contributed by atoms with E-state index in [1.165, 1.54) is 0 Å². The van der Waals surface area contributed by atoms with E-state index in [9.17, 15) is 4.79 Å². The topological polar surface area (TPSA) is 68.8 Å². The van der Waals surface area contributed by atoms with Crippen LogP contribution in [0.2, 0.25) is 10.0 Å². The normalized spacial score (nSPS) is 13.7. The van der Waals surface area contributed by atoms with Gasteiger partial charge in [0.05, 0.1) is 23.3 Å². The molecule has 1 amide bonds. The fourth-order valence-electron chi connectivity index (χ4n) is 4.14. The zero-order valence-electron chi connectivity index (χ0n) is 16.4. The number of benzene rings is 1. The summed E-state index contributed by atoms with van der Waals surface area (Å²) in [6, 6.07) is 9.17. The van der Waals surface area contributed by atoms with Crippen LogP contribution in [0.3, 0.4) is 0 Å².